The fraction of sp³-hybridized carbons (Fsp3) is 0.130. The average molecular weight is 375 g/mol. The number of hydrogen-bond donors (Lipinski definition) is 1. The summed E-state index contributed by atoms with van der Waals surface area (Å²) in [6.45, 7) is 3.95. The first-order valence-corrected chi connectivity index (χ1v) is 8.81. The van der Waals surface area contributed by atoms with Gasteiger partial charge in [0.25, 0.3) is 5.91 Å². The molecular formula is C23H21NO4. The number of aryl methyl sites for hydroxylation is 2. The van der Waals surface area contributed by atoms with Gasteiger partial charge in [-0.15, -0.1) is 0 Å². The Labute approximate surface area is 163 Å². The van der Waals surface area contributed by atoms with Gasteiger partial charge in [-0.3, -0.25) is 4.79 Å². The fourth-order valence-electron chi connectivity index (χ4n) is 2.74. The van der Waals surface area contributed by atoms with Crippen LogP contribution in [0.25, 0.3) is 0 Å². The Balaban J connectivity index is 1.67. The minimum Gasteiger partial charge on any atom is -0.497 e. The molecule has 0 bridgehead atoms. The van der Waals surface area contributed by atoms with Crippen molar-refractivity contribution >= 4 is 17.6 Å². The molecule has 0 aliphatic carbocycles. The maximum Gasteiger partial charge on any atom is 0.343 e. The van der Waals surface area contributed by atoms with E-state index < -0.39 is 5.97 Å². The lowest BCUT2D eigenvalue weighted by molar-refractivity contribution is 0.0734. The first kappa shape index (κ1) is 19.2. The summed E-state index contributed by atoms with van der Waals surface area (Å²) in [6, 6.07) is 19.0. The molecule has 1 amide bonds. The van der Waals surface area contributed by atoms with Crippen molar-refractivity contribution in [2.24, 2.45) is 0 Å². The molecule has 0 aliphatic heterocycles. The largest absolute Gasteiger partial charge is 0.497 e. The molecule has 0 aromatic heterocycles. The van der Waals surface area contributed by atoms with E-state index in [9.17, 15) is 9.59 Å². The van der Waals surface area contributed by atoms with Crippen LogP contribution in [0.1, 0.15) is 31.8 Å². The van der Waals surface area contributed by atoms with Crippen molar-refractivity contribution in [1.29, 1.82) is 0 Å². The minimum absolute atomic E-state index is 0.224. The zero-order valence-corrected chi connectivity index (χ0v) is 16.0. The minimum atomic E-state index is -0.494. The van der Waals surface area contributed by atoms with Crippen LogP contribution >= 0.6 is 0 Å². The summed E-state index contributed by atoms with van der Waals surface area (Å²) >= 11 is 0. The number of hydrogen-bond acceptors (Lipinski definition) is 4. The van der Waals surface area contributed by atoms with Gasteiger partial charge >= 0.3 is 5.97 Å². The number of carbonyl (C=O) groups excluding carboxylic acids is 2. The van der Waals surface area contributed by atoms with Crippen molar-refractivity contribution in [3.8, 4) is 11.5 Å². The Morgan fingerprint density at radius 2 is 1.57 bits per heavy atom. The number of benzene rings is 3. The van der Waals surface area contributed by atoms with E-state index in [4.69, 9.17) is 9.47 Å². The predicted molar refractivity (Wildman–Crippen MR) is 108 cm³/mol. The van der Waals surface area contributed by atoms with E-state index in [1.165, 1.54) is 7.11 Å². The van der Waals surface area contributed by atoms with Gasteiger partial charge in [0.15, 0.2) is 0 Å². The van der Waals surface area contributed by atoms with E-state index in [-0.39, 0.29) is 5.91 Å². The molecule has 0 aliphatic rings. The van der Waals surface area contributed by atoms with Gasteiger partial charge in [-0.25, -0.2) is 4.79 Å². The Bertz CT molecular complexity index is 1010. The summed E-state index contributed by atoms with van der Waals surface area (Å²) in [5, 5.41) is 2.89. The van der Waals surface area contributed by atoms with E-state index in [2.05, 4.69) is 5.32 Å². The highest BCUT2D eigenvalue weighted by atomic mass is 16.5. The second kappa shape index (κ2) is 8.39. The van der Waals surface area contributed by atoms with Gasteiger partial charge < -0.3 is 14.8 Å². The molecule has 3 aromatic carbocycles. The van der Waals surface area contributed by atoms with Gasteiger partial charge in [0, 0.05) is 11.3 Å². The Morgan fingerprint density at radius 3 is 2.25 bits per heavy atom. The lowest BCUT2D eigenvalue weighted by Crippen LogP contribution is -2.13. The van der Waals surface area contributed by atoms with Crippen LogP contribution in [0.15, 0.2) is 66.7 Å². The summed E-state index contributed by atoms with van der Waals surface area (Å²) in [6.07, 6.45) is 0. The first-order chi connectivity index (χ1) is 13.5. The Kier molecular flexibility index (Phi) is 5.75. The lowest BCUT2D eigenvalue weighted by atomic mass is 10.1. The third-order valence-corrected chi connectivity index (χ3v) is 4.26. The maximum absolute atomic E-state index is 12.4. The second-order valence-corrected chi connectivity index (χ2v) is 6.42. The lowest BCUT2D eigenvalue weighted by Gasteiger charge is -2.10. The summed E-state index contributed by atoms with van der Waals surface area (Å²) in [5.74, 6) is 0.216. The van der Waals surface area contributed by atoms with Gasteiger partial charge in [0.05, 0.1) is 12.7 Å². The zero-order valence-electron chi connectivity index (χ0n) is 16.0. The van der Waals surface area contributed by atoms with Crippen LogP contribution in [0, 0.1) is 13.8 Å². The molecule has 3 rings (SSSR count). The van der Waals surface area contributed by atoms with Gasteiger partial charge in [-0.1, -0.05) is 23.8 Å². The number of rotatable bonds is 5. The molecule has 142 valence electrons. The number of methoxy groups -OCH3 is 1. The SMILES string of the molecule is COc1cccc(C(=O)Oc2ccc(C(=O)Nc3ccc(C)cc3C)cc2)c1. The van der Waals surface area contributed by atoms with Crippen LogP contribution in [0.2, 0.25) is 0 Å². The van der Waals surface area contributed by atoms with Gasteiger partial charge in [0.2, 0.25) is 0 Å². The highest BCUT2D eigenvalue weighted by Gasteiger charge is 2.12. The van der Waals surface area contributed by atoms with Gasteiger partial charge in [-0.05, 0) is 67.9 Å². The highest BCUT2D eigenvalue weighted by Crippen LogP contribution is 2.20. The number of esters is 1. The highest BCUT2D eigenvalue weighted by molar-refractivity contribution is 6.04. The number of anilines is 1. The molecule has 0 radical (unpaired) electrons. The monoisotopic (exact) mass is 375 g/mol. The van der Waals surface area contributed by atoms with E-state index in [0.717, 1.165) is 16.8 Å². The van der Waals surface area contributed by atoms with Gasteiger partial charge in [-0.2, -0.15) is 0 Å². The Hall–Kier alpha value is -3.60. The summed E-state index contributed by atoms with van der Waals surface area (Å²) < 4.78 is 10.5. The molecular weight excluding hydrogens is 354 g/mol. The van der Waals surface area contributed by atoms with Crippen molar-refractivity contribution in [2.45, 2.75) is 13.8 Å². The van der Waals surface area contributed by atoms with E-state index in [1.807, 2.05) is 32.0 Å². The second-order valence-electron chi connectivity index (χ2n) is 6.42. The normalized spacial score (nSPS) is 10.2. The molecule has 0 spiro atoms. The molecule has 0 unspecified atom stereocenters. The quantitative estimate of drug-likeness (QED) is 0.515. The molecule has 0 atom stereocenters. The van der Waals surface area contributed by atoms with E-state index in [1.54, 1.807) is 48.5 Å². The van der Waals surface area contributed by atoms with E-state index >= 15 is 0 Å². The van der Waals surface area contributed by atoms with Crippen LogP contribution in [0.5, 0.6) is 11.5 Å². The average Bonchev–Trinajstić information content (AvgIpc) is 2.70. The molecule has 28 heavy (non-hydrogen) atoms. The molecule has 1 N–H and O–H groups in total. The number of amides is 1. The summed E-state index contributed by atoms with van der Waals surface area (Å²) in [5.41, 5.74) is 3.76. The van der Waals surface area contributed by atoms with Crippen molar-refractivity contribution in [3.63, 3.8) is 0 Å². The van der Waals surface area contributed by atoms with Crippen LogP contribution in [0.3, 0.4) is 0 Å². The number of nitrogens with one attached hydrogen (secondary N) is 1. The topological polar surface area (TPSA) is 64.6 Å². The number of carbonyl (C=O) groups is 2. The van der Waals surface area contributed by atoms with Crippen molar-refractivity contribution in [2.75, 3.05) is 12.4 Å². The fourth-order valence-corrected chi connectivity index (χ4v) is 2.74. The molecule has 0 heterocycles. The third-order valence-electron chi connectivity index (χ3n) is 4.26. The predicted octanol–water partition coefficient (Wildman–Crippen LogP) is 4.78. The van der Waals surface area contributed by atoms with Crippen molar-refractivity contribution in [3.05, 3.63) is 89.0 Å². The van der Waals surface area contributed by atoms with Crippen LogP contribution in [0.4, 0.5) is 5.69 Å². The molecule has 5 heteroatoms. The Morgan fingerprint density at radius 1 is 0.821 bits per heavy atom. The molecule has 3 aromatic rings. The maximum atomic E-state index is 12.4. The van der Waals surface area contributed by atoms with Crippen molar-refractivity contribution in [1.82, 2.24) is 0 Å². The molecule has 5 nitrogen and oxygen atoms in total. The molecule has 0 saturated carbocycles. The van der Waals surface area contributed by atoms with Crippen LogP contribution < -0.4 is 14.8 Å². The number of ether oxygens (including phenoxy) is 2. The van der Waals surface area contributed by atoms with Crippen LogP contribution in [-0.4, -0.2) is 19.0 Å². The third kappa shape index (κ3) is 4.57. The molecule has 0 fully saturated rings. The standard InChI is InChI=1S/C23H21NO4/c1-15-7-12-21(16(2)13-15)24-22(25)17-8-10-19(11-9-17)28-23(26)18-5-4-6-20(14-18)27-3/h4-14H,1-3H3,(H,24,25). The van der Waals surface area contributed by atoms with Gasteiger partial charge in [0.1, 0.15) is 11.5 Å². The first-order valence-electron chi connectivity index (χ1n) is 8.81. The smallest absolute Gasteiger partial charge is 0.343 e. The molecule has 0 saturated heterocycles. The van der Waals surface area contributed by atoms with Crippen molar-refractivity contribution < 1.29 is 19.1 Å². The summed E-state index contributed by atoms with van der Waals surface area (Å²) in [4.78, 5) is 24.7. The zero-order chi connectivity index (χ0) is 20.1. The summed E-state index contributed by atoms with van der Waals surface area (Å²) in [7, 11) is 1.53. The van der Waals surface area contributed by atoms with Crippen LogP contribution in [-0.2, 0) is 0 Å². The van der Waals surface area contributed by atoms with E-state index in [0.29, 0.717) is 22.6 Å².